The fourth-order valence-electron chi connectivity index (χ4n) is 0.752. The van der Waals surface area contributed by atoms with Gasteiger partial charge in [-0.15, -0.1) is 0 Å². The van der Waals surface area contributed by atoms with E-state index in [1.54, 1.807) is 11.8 Å². The third-order valence-electron chi connectivity index (χ3n) is 1.54. The summed E-state index contributed by atoms with van der Waals surface area (Å²) in [4.78, 5) is 0. The van der Waals surface area contributed by atoms with Gasteiger partial charge in [0.2, 0.25) is 0 Å². The van der Waals surface area contributed by atoms with Gasteiger partial charge in [0.1, 0.15) is 6.10 Å². The van der Waals surface area contributed by atoms with Crippen LogP contribution in [0.3, 0.4) is 0 Å². The zero-order valence-electron chi connectivity index (χ0n) is 5.60. The van der Waals surface area contributed by atoms with Crippen molar-refractivity contribution in [2.75, 3.05) is 12.4 Å². The lowest BCUT2D eigenvalue weighted by Crippen LogP contribution is -2.30. The van der Waals surface area contributed by atoms with Gasteiger partial charge in [0, 0.05) is 11.0 Å². The molecule has 0 saturated carbocycles. The van der Waals surface area contributed by atoms with E-state index in [0.717, 1.165) is 5.75 Å². The third-order valence-corrected chi connectivity index (χ3v) is 2.54. The molecule has 10 heavy (non-hydrogen) atoms. The van der Waals surface area contributed by atoms with Crippen LogP contribution in [-0.2, 0) is 0 Å². The van der Waals surface area contributed by atoms with Gasteiger partial charge in [0.15, 0.2) is 0 Å². The highest BCUT2D eigenvalue weighted by atomic mass is 32.2. The molecular weight excluding hydrogens is 152 g/mol. The summed E-state index contributed by atoms with van der Waals surface area (Å²) in [5.74, 6) is 1.08. The minimum atomic E-state index is -0.957. The Labute approximate surface area is 64.1 Å². The normalized spacial score (nSPS) is 29.7. The second-order valence-electron chi connectivity index (χ2n) is 2.51. The molecule has 3 atom stereocenters. The molecule has 0 radical (unpaired) electrons. The van der Waals surface area contributed by atoms with Crippen LogP contribution >= 0.6 is 11.8 Å². The number of hydrogen-bond donors (Lipinski definition) is 3. The average Bonchev–Trinajstić information content (AvgIpc) is 2.70. The van der Waals surface area contributed by atoms with E-state index < -0.39 is 12.2 Å². The van der Waals surface area contributed by atoms with E-state index in [-0.39, 0.29) is 6.61 Å². The minimum absolute atomic E-state index is 0.349. The van der Waals surface area contributed by atoms with Crippen LogP contribution in [0.5, 0.6) is 0 Å². The number of thioether (sulfide) groups is 1. The van der Waals surface area contributed by atoms with Crippen molar-refractivity contribution in [3.05, 3.63) is 0 Å². The molecule has 3 nitrogen and oxygen atoms in total. The molecule has 1 fully saturated rings. The van der Waals surface area contributed by atoms with Crippen molar-refractivity contribution in [3.63, 3.8) is 0 Å². The zero-order valence-corrected chi connectivity index (χ0v) is 6.42. The molecule has 0 aromatic rings. The molecular formula is C6H12O3S. The molecule has 0 aromatic heterocycles. The maximum atomic E-state index is 9.10. The molecule has 0 spiro atoms. The molecule has 3 N–H and O–H groups in total. The van der Waals surface area contributed by atoms with Crippen LogP contribution < -0.4 is 0 Å². The zero-order chi connectivity index (χ0) is 7.56. The second-order valence-corrected chi connectivity index (χ2v) is 3.84. The summed E-state index contributed by atoms with van der Waals surface area (Å²) in [5.41, 5.74) is 0. The maximum absolute atomic E-state index is 9.10. The van der Waals surface area contributed by atoms with Crippen LogP contribution in [0.15, 0.2) is 0 Å². The Bertz CT molecular complexity index is 105. The molecule has 1 aliphatic rings. The van der Waals surface area contributed by atoms with E-state index >= 15 is 0 Å². The lowest BCUT2D eigenvalue weighted by Gasteiger charge is -2.13. The molecule has 1 rings (SSSR count). The minimum Gasteiger partial charge on any atom is -0.394 e. The Kier molecular flexibility index (Phi) is 2.97. The van der Waals surface area contributed by atoms with Gasteiger partial charge in [0.25, 0.3) is 0 Å². The smallest absolute Gasteiger partial charge is 0.103 e. The van der Waals surface area contributed by atoms with E-state index in [0.29, 0.717) is 11.7 Å². The van der Waals surface area contributed by atoms with Crippen molar-refractivity contribution in [1.82, 2.24) is 0 Å². The van der Waals surface area contributed by atoms with Gasteiger partial charge < -0.3 is 15.3 Å². The van der Waals surface area contributed by atoms with Crippen molar-refractivity contribution in [1.29, 1.82) is 0 Å². The van der Waals surface area contributed by atoms with Gasteiger partial charge in [-0.1, -0.05) is 0 Å². The average molecular weight is 164 g/mol. The fourth-order valence-corrected chi connectivity index (χ4v) is 1.36. The standard InChI is InChI=1S/C6H12O3S/c7-2-6(9)5(8)1-4-3-10-4/h4-9H,1-3H2. The first-order valence-electron chi connectivity index (χ1n) is 3.32. The topological polar surface area (TPSA) is 60.7 Å². The van der Waals surface area contributed by atoms with Crippen LogP contribution in [0.2, 0.25) is 0 Å². The van der Waals surface area contributed by atoms with Crippen molar-refractivity contribution in [2.24, 2.45) is 0 Å². The van der Waals surface area contributed by atoms with Gasteiger partial charge in [-0.05, 0) is 6.42 Å². The Morgan fingerprint density at radius 1 is 1.40 bits per heavy atom. The predicted molar refractivity (Wildman–Crippen MR) is 40.0 cm³/mol. The largest absolute Gasteiger partial charge is 0.394 e. The molecule has 4 heteroatoms. The number of aliphatic hydroxyl groups excluding tert-OH is 3. The Morgan fingerprint density at radius 3 is 2.40 bits per heavy atom. The third kappa shape index (κ3) is 2.46. The maximum Gasteiger partial charge on any atom is 0.103 e. The summed E-state index contributed by atoms with van der Waals surface area (Å²) in [7, 11) is 0. The lowest BCUT2D eigenvalue weighted by atomic mass is 10.1. The van der Waals surface area contributed by atoms with Crippen LogP contribution in [0.25, 0.3) is 0 Å². The van der Waals surface area contributed by atoms with E-state index in [4.69, 9.17) is 15.3 Å². The van der Waals surface area contributed by atoms with E-state index in [1.165, 1.54) is 0 Å². The van der Waals surface area contributed by atoms with Gasteiger partial charge in [-0.2, -0.15) is 11.8 Å². The van der Waals surface area contributed by atoms with Crippen molar-refractivity contribution < 1.29 is 15.3 Å². The van der Waals surface area contributed by atoms with Crippen LogP contribution in [0, 0.1) is 0 Å². The predicted octanol–water partition coefficient (Wildman–Crippen LogP) is -0.794. The molecule has 0 aromatic carbocycles. The Morgan fingerprint density at radius 2 is 2.00 bits per heavy atom. The Balaban J connectivity index is 2.11. The first-order chi connectivity index (χ1) is 4.74. The van der Waals surface area contributed by atoms with Gasteiger partial charge in [-0.3, -0.25) is 0 Å². The Hall–Kier alpha value is 0.230. The summed E-state index contributed by atoms with van der Waals surface area (Å²) >= 11 is 1.77. The van der Waals surface area contributed by atoms with E-state index in [9.17, 15) is 0 Å². The van der Waals surface area contributed by atoms with Crippen LogP contribution in [-0.4, -0.2) is 45.1 Å². The molecule has 3 unspecified atom stereocenters. The van der Waals surface area contributed by atoms with Crippen molar-refractivity contribution >= 4 is 11.8 Å². The highest BCUT2D eigenvalue weighted by Gasteiger charge is 2.28. The fraction of sp³-hybridized carbons (Fsp3) is 1.00. The summed E-state index contributed by atoms with van der Waals surface area (Å²) in [6.07, 6.45) is -1.10. The van der Waals surface area contributed by atoms with Crippen molar-refractivity contribution in [3.8, 4) is 0 Å². The molecule has 1 aliphatic heterocycles. The molecule has 0 aliphatic carbocycles. The van der Waals surface area contributed by atoms with Crippen LogP contribution in [0.4, 0.5) is 0 Å². The summed E-state index contributed by atoms with van der Waals surface area (Å²) in [6.45, 7) is -0.349. The number of hydrogen-bond acceptors (Lipinski definition) is 4. The van der Waals surface area contributed by atoms with E-state index in [1.807, 2.05) is 0 Å². The number of rotatable bonds is 4. The second kappa shape index (κ2) is 3.57. The molecule has 0 bridgehead atoms. The highest BCUT2D eigenvalue weighted by molar-refractivity contribution is 8.06. The first-order valence-corrected chi connectivity index (χ1v) is 4.37. The van der Waals surface area contributed by atoms with Gasteiger partial charge in [-0.25, -0.2) is 0 Å². The quantitative estimate of drug-likeness (QED) is 0.476. The van der Waals surface area contributed by atoms with Crippen LogP contribution in [0.1, 0.15) is 6.42 Å². The highest BCUT2D eigenvalue weighted by Crippen LogP contribution is 2.34. The SMILES string of the molecule is OCC(O)C(O)CC1CS1. The molecule has 60 valence electrons. The molecule has 1 saturated heterocycles. The molecule has 0 amide bonds. The lowest BCUT2D eigenvalue weighted by molar-refractivity contribution is -0.0162. The van der Waals surface area contributed by atoms with Crippen molar-refractivity contribution in [2.45, 2.75) is 23.9 Å². The van der Waals surface area contributed by atoms with Gasteiger partial charge >= 0.3 is 0 Å². The molecule has 1 heterocycles. The summed E-state index contributed by atoms with van der Waals surface area (Å²) < 4.78 is 0. The number of aliphatic hydroxyl groups is 3. The summed E-state index contributed by atoms with van der Waals surface area (Å²) in [5, 5.41) is 26.9. The summed E-state index contributed by atoms with van der Waals surface area (Å²) in [6, 6.07) is 0. The first kappa shape index (κ1) is 8.33. The van der Waals surface area contributed by atoms with Gasteiger partial charge in [0.05, 0.1) is 12.7 Å². The van der Waals surface area contributed by atoms with E-state index in [2.05, 4.69) is 0 Å². The monoisotopic (exact) mass is 164 g/mol.